The van der Waals surface area contributed by atoms with E-state index in [1.165, 1.54) is 0 Å². The van der Waals surface area contributed by atoms with E-state index in [1.54, 1.807) is 0 Å². The average Bonchev–Trinajstić information content (AvgIpc) is 3.23. The second kappa shape index (κ2) is 6.89. The Labute approximate surface area is 137 Å². The molecule has 2 saturated heterocycles. The largest absolute Gasteiger partial charge is 0.491 e. The number of likely N-dealkylation sites (tertiary alicyclic amines) is 1. The number of amides is 1. The molecule has 0 aliphatic carbocycles. The van der Waals surface area contributed by atoms with E-state index < -0.39 is 0 Å². The van der Waals surface area contributed by atoms with Crippen LogP contribution in [0.5, 0.6) is 5.75 Å². The van der Waals surface area contributed by atoms with Gasteiger partial charge < -0.3 is 20.1 Å². The molecular formula is C18H26N2O3. The van der Waals surface area contributed by atoms with Gasteiger partial charge in [0.25, 0.3) is 5.91 Å². The predicted octanol–water partition coefficient (Wildman–Crippen LogP) is 2.06. The van der Waals surface area contributed by atoms with Crippen molar-refractivity contribution in [3.63, 3.8) is 0 Å². The van der Waals surface area contributed by atoms with Gasteiger partial charge in [-0.25, -0.2) is 0 Å². The minimum atomic E-state index is 0.0452. The fourth-order valence-corrected chi connectivity index (χ4v) is 3.23. The van der Waals surface area contributed by atoms with Gasteiger partial charge in [0.05, 0.1) is 6.10 Å². The van der Waals surface area contributed by atoms with Crippen molar-refractivity contribution in [2.75, 3.05) is 32.8 Å². The Balaban J connectivity index is 1.61. The van der Waals surface area contributed by atoms with Gasteiger partial charge >= 0.3 is 0 Å². The molecule has 2 atom stereocenters. The van der Waals surface area contributed by atoms with E-state index in [2.05, 4.69) is 6.92 Å². The maximum atomic E-state index is 12.7. The van der Waals surface area contributed by atoms with Crippen LogP contribution in [0, 0.1) is 5.41 Å². The Kier molecular flexibility index (Phi) is 4.87. The lowest BCUT2D eigenvalue weighted by Gasteiger charge is -2.22. The standard InChI is InChI=1S/C18H26N2O3/c1-18(12-19)7-8-20(13-18)17(21)14-4-2-5-15(10-14)23-11-16-6-3-9-22-16/h2,4-5,10,16H,3,6-9,11-13,19H2,1H3. The monoisotopic (exact) mass is 318 g/mol. The lowest BCUT2D eigenvalue weighted by Crippen LogP contribution is -2.34. The molecule has 23 heavy (non-hydrogen) atoms. The lowest BCUT2D eigenvalue weighted by atomic mass is 9.90. The first-order valence-electron chi connectivity index (χ1n) is 8.43. The minimum absolute atomic E-state index is 0.0452. The maximum absolute atomic E-state index is 12.7. The van der Waals surface area contributed by atoms with Crippen LogP contribution in [0.4, 0.5) is 0 Å². The number of nitrogens with zero attached hydrogens (tertiary/aromatic N) is 1. The van der Waals surface area contributed by atoms with Crippen LogP contribution in [0.1, 0.15) is 36.5 Å². The Hall–Kier alpha value is -1.59. The molecule has 2 unspecified atom stereocenters. The summed E-state index contributed by atoms with van der Waals surface area (Å²) in [6, 6.07) is 7.44. The third kappa shape index (κ3) is 3.85. The molecule has 2 aliphatic rings. The van der Waals surface area contributed by atoms with E-state index >= 15 is 0 Å². The zero-order valence-electron chi connectivity index (χ0n) is 13.8. The first-order chi connectivity index (χ1) is 11.1. The summed E-state index contributed by atoms with van der Waals surface area (Å²) in [4.78, 5) is 14.6. The number of hydrogen-bond acceptors (Lipinski definition) is 4. The second-order valence-corrected chi connectivity index (χ2v) is 6.97. The maximum Gasteiger partial charge on any atom is 0.254 e. The summed E-state index contributed by atoms with van der Waals surface area (Å²) in [6.07, 6.45) is 3.29. The molecule has 0 spiro atoms. The van der Waals surface area contributed by atoms with Gasteiger partial charge in [0.1, 0.15) is 12.4 Å². The summed E-state index contributed by atoms with van der Waals surface area (Å²) in [7, 11) is 0. The summed E-state index contributed by atoms with van der Waals surface area (Å²) in [5.74, 6) is 0.789. The first-order valence-corrected chi connectivity index (χ1v) is 8.43. The number of carbonyl (C=O) groups is 1. The van der Waals surface area contributed by atoms with Crippen molar-refractivity contribution >= 4 is 5.91 Å². The van der Waals surface area contributed by atoms with E-state index in [-0.39, 0.29) is 17.4 Å². The molecule has 0 saturated carbocycles. The van der Waals surface area contributed by atoms with Crippen molar-refractivity contribution in [1.82, 2.24) is 4.90 Å². The zero-order valence-corrected chi connectivity index (χ0v) is 13.8. The molecule has 1 amide bonds. The molecule has 2 heterocycles. The molecule has 0 radical (unpaired) electrons. The average molecular weight is 318 g/mol. The molecule has 126 valence electrons. The van der Waals surface area contributed by atoms with Crippen LogP contribution in [-0.2, 0) is 4.74 Å². The Morgan fingerprint density at radius 2 is 2.39 bits per heavy atom. The van der Waals surface area contributed by atoms with Crippen LogP contribution in [0.3, 0.4) is 0 Å². The van der Waals surface area contributed by atoms with Crippen molar-refractivity contribution in [2.24, 2.45) is 11.1 Å². The number of rotatable bonds is 5. The van der Waals surface area contributed by atoms with Gasteiger partial charge in [-0.05, 0) is 49.4 Å². The van der Waals surface area contributed by atoms with E-state index in [4.69, 9.17) is 15.2 Å². The Morgan fingerprint density at radius 3 is 3.09 bits per heavy atom. The van der Waals surface area contributed by atoms with Gasteiger partial charge in [-0.2, -0.15) is 0 Å². The number of carbonyl (C=O) groups excluding carboxylic acids is 1. The fraction of sp³-hybridized carbons (Fsp3) is 0.611. The number of ether oxygens (including phenoxy) is 2. The van der Waals surface area contributed by atoms with Crippen molar-refractivity contribution < 1.29 is 14.3 Å². The number of hydrogen-bond donors (Lipinski definition) is 1. The molecule has 0 bridgehead atoms. The van der Waals surface area contributed by atoms with Gasteiger partial charge in [0, 0.05) is 25.3 Å². The Bertz CT molecular complexity index is 557. The molecule has 1 aromatic rings. The van der Waals surface area contributed by atoms with E-state index in [0.717, 1.165) is 44.7 Å². The van der Waals surface area contributed by atoms with Gasteiger partial charge in [-0.3, -0.25) is 4.79 Å². The third-order valence-corrected chi connectivity index (χ3v) is 4.88. The van der Waals surface area contributed by atoms with Crippen LogP contribution in [0.15, 0.2) is 24.3 Å². The van der Waals surface area contributed by atoms with E-state index in [9.17, 15) is 4.79 Å². The van der Waals surface area contributed by atoms with Gasteiger partial charge in [-0.15, -0.1) is 0 Å². The second-order valence-electron chi connectivity index (χ2n) is 6.97. The van der Waals surface area contributed by atoms with Crippen LogP contribution < -0.4 is 10.5 Å². The summed E-state index contributed by atoms with van der Waals surface area (Å²) >= 11 is 0. The van der Waals surface area contributed by atoms with Gasteiger partial charge in [0.15, 0.2) is 0 Å². The SMILES string of the molecule is CC1(CN)CCN(C(=O)c2cccc(OCC3CCCO3)c2)C1. The van der Waals surface area contributed by atoms with Crippen LogP contribution in [0.2, 0.25) is 0 Å². The van der Waals surface area contributed by atoms with Crippen molar-refractivity contribution in [3.8, 4) is 5.75 Å². The molecule has 2 fully saturated rings. The van der Waals surface area contributed by atoms with Crippen molar-refractivity contribution in [1.29, 1.82) is 0 Å². The van der Waals surface area contributed by atoms with Gasteiger partial charge in [0.2, 0.25) is 0 Å². The number of nitrogens with two attached hydrogens (primary N) is 1. The highest BCUT2D eigenvalue weighted by atomic mass is 16.5. The normalized spacial score (nSPS) is 27.4. The molecular weight excluding hydrogens is 292 g/mol. The van der Waals surface area contributed by atoms with Crippen LogP contribution in [-0.4, -0.2) is 49.8 Å². The molecule has 5 heteroatoms. The quantitative estimate of drug-likeness (QED) is 0.902. The Morgan fingerprint density at radius 1 is 1.52 bits per heavy atom. The smallest absolute Gasteiger partial charge is 0.254 e. The summed E-state index contributed by atoms with van der Waals surface area (Å²) in [6.45, 7) is 5.62. The highest BCUT2D eigenvalue weighted by molar-refractivity contribution is 5.94. The van der Waals surface area contributed by atoms with Crippen molar-refractivity contribution in [2.45, 2.75) is 32.3 Å². The predicted molar refractivity (Wildman–Crippen MR) is 88.6 cm³/mol. The zero-order chi connectivity index (χ0) is 16.3. The van der Waals surface area contributed by atoms with Crippen LogP contribution >= 0.6 is 0 Å². The summed E-state index contributed by atoms with van der Waals surface area (Å²) in [5.41, 5.74) is 6.54. The topological polar surface area (TPSA) is 64.8 Å². The third-order valence-electron chi connectivity index (χ3n) is 4.88. The molecule has 3 rings (SSSR count). The summed E-state index contributed by atoms with van der Waals surface area (Å²) < 4.78 is 11.3. The van der Waals surface area contributed by atoms with E-state index in [0.29, 0.717) is 18.7 Å². The molecule has 2 N–H and O–H groups in total. The van der Waals surface area contributed by atoms with Crippen LogP contribution in [0.25, 0.3) is 0 Å². The van der Waals surface area contributed by atoms with E-state index in [1.807, 2.05) is 29.2 Å². The highest BCUT2D eigenvalue weighted by Crippen LogP contribution is 2.30. The summed E-state index contributed by atoms with van der Waals surface area (Å²) in [5, 5.41) is 0. The minimum Gasteiger partial charge on any atom is -0.491 e. The molecule has 5 nitrogen and oxygen atoms in total. The molecule has 2 aliphatic heterocycles. The molecule has 0 aromatic heterocycles. The fourth-order valence-electron chi connectivity index (χ4n) is 3.23. The first kappa shape index (κ1) is 16.3. The van der Waals surface area contributed by atoms with Gasteiger partial charge in [-0.1, -0.05) is 13.0 Å². The highest BCUT2D eigenvalue weighted by Gasteiger charge is 2.35. The lowest BCUT2D eigenvalue weighted by molar-refractivity contribution is 0.0678. The van der Waals surface area contributed by atoms with Crippen molar-refractivity contribution in [3.05, 3.63) is 29.8 Å². The molecule has 1 aromatic carbocycles. The number of benzene rings is 1.